The average Bonchev–Trinajstić information content (AvgIpc) is 2.22. The number of benzene rings is 1. The van der Waals surface area contributed by atoms with E-state index in [9.17, 15) is 4.79 Å². The summed E-state index contributed by atoms with van der Waals surface area (Å²) in [4.78, 5) is 12.5. The van der Waals surface area contributed by atoms with Crippen molar-refractivity contribution in [2.45, 2.75) is 25.9 Å². The number of anilines is 1. The van der Waals surface area contributed by atoms with Gasteiger partial charge in [0, 0.05) is 24.7 Å². The minimum atomic E-state index is 0.278. The molecule has 2 N–H and O–H groups in total. The Morgan fingerprint density at radius 1 is 1.40 bits per heavy atom. The molecule has 0 radical (unpaired) electrons. The van der Waals surface area contributed by atoms with Crippen molar-refractivity contribution in [2.75, 3.05) is 12.8 Å². The van der Waals surface area contributed by atoms with E-state index in [1.54, 1.807) is 0 Å². The van der Waals surface area contributed by atoms with E-state index in [4.69, 9.17) is 5.73 Å². The Balaban J connectivity index is 2.53. The molecule has 82 valence electrons. The van der Waals surface area contributed by atoms with Crippen LogP contribution in [0.1, 0.15) is 18.9 Å². The Kier molecular flexibility index (Phi) is 4.31. The first-order chi connectivity index (χ1) is 7.13. The van der Waals surface area contributed by atoms with Crippen molar-refractivity contribution in [3.63, 3.8) is 0 Å². The quantitative estimate of drug-likeness (QED) is 0.589. The van der Waals surface area contributed by atoms with Crippen LogP contribution in [-0.4, -0.2) is 24.3 Å². The molecule has 0 aliphatic carbocycles. The molecule has 1 rings (SSSR count). The first-order valence-corrected chi connectivity index (χ1v) is 5.11. The van der Waals surface area contributed by atoms with Crippen LogP contribution >= 0.6 is 0 Å². The molecular formula is C12H18N2O. The van der Waals surface area contributed by atoms with Gasteiger partial charge in [-0.3, -0.25) is 4.90 Å². The van der Waals surface area contributed by atoms with Gasteiger partial charge in [-0.05, 0) is 31.7 Å². The normalized spacial score (nSPS) is 12.7. The molecule has 1 atom stereocenters. The molecule has 0 saturated carbocycles. The summed E-state index contributed by atoms with van der Waals surface area (Å²) in [7, 11) is 2.02. The number of nitrogens with two attached hydrogens (primary N) is 1. The lowest BCUT2D eigenvalue weighted by atomic mass is 10.1. The summed E-state index contributed by atoms with van der Waals surface area (Å²) >= 11 is 0. The molecule has 0 aromatic heterocycles. The maximum atomic E-state index is 10.4. The molecule has 0 aliphatic rings. The van der Waals surface area contributed by atoms with Crippen molar-refractivity contribution in [1.29, 1.82) is 0 Å². The van der Waals surface area contributed by atoms with E-state index in [1.165, 1.54) is 5.56 Å². The van der Waals surface area contributed by atoms with Crippen LogP contribution in [0.15, 0.2) is 24.3 Å². The molecule has 0 aliphatic heterocycles. The summed E-state index contributed by atoms with van der Waals surface area (Å²) in [6.07, 6.45) is 1.54. The Morgan fingerprint density at radius 3 is 2.53 bits per heavy atom. The molecule has 1 aromatic rings. The van der Waals surface area contributed by atoms with Gasteiger partial charge in [-0.15, -0.1) is 0 Å². The molecule has 1 aromatic carbocycles. The van der Waals surface area contributed by atoms with Gasteiger partial charge in [0.25, 0.3) is 0 Å². The highest BCUT2D eigenvalue weighted by atomic mass is 16.1. The van der Waals surface area contributed by atoms with Crippen LogP contribution in [-0.2, 0) is 11.3 Å². The minimum absolute atomic E-state index is 0.278. The summed E-state index contributed by atoms with van der Waals surface area (Å²) in [5.74, 6) is 0. The van der Waals surface area contributed by atoms with Crippen LogP contribution in [0.2, 0.25) is 0 Å². The zero-order valence-electron chi connectivity index (χ0n) is 9.31. The van der Waals surface area contributed by atoms with Gasteiger partial charge in [0.1, 0.15) is 6.29 Å². The predicted octanol–water partition coefficient (Wildman–Crippen LogP) is 1.68. The van der Waals surface area contributed by atoms with Crippen molar-refractivity contribution in [2.24, 2.45) is 0 Å². The summed E-state index contributed by atoms with van der Waals surface area (Å²) in [5.41, 5.74) is 7.60. The van der Waals surface area contributed by atoms with Crippen LogP contribution < -0.4 is 5.73 Å². The first kappa shape index (κ1) is 11.7. The molecule has 0 heterocycles. The van der Waals surface area contributed by atoms with Gasteiger partial charge >= 0.3 is 0 Å². The third kappa shape index (κ3) is 3.72. The fourth-order valence-electron chi connectivity index (χ4n) is 1.39. The minimum Gasteiger partial charge on any atom is -0.399 e. The summed E-state index contributed by atoms with van der Waals surface area (Å²) in [5, 5.41) is 0. The number of rotatable bonds is 5. The Bertz CT molecular complexity index is 308. The van der Waals surface area contributed by atoms with E-state index in [-0.39, 0.29) is 6.04 Å². The lowest BCUT2D eigenvalue weighted by molar-refractivity contribution is -0.108. The Hall–Kier alpha value is -1.35. The molecule has 0 amide bonds. The second kappa shape index (κ2) is 5.51. The van der Waals surface area contributed by atoms with E-state index in [1.807, 2.05) is 38.2 Å². The molecule has 3 nitrogen and oxygen atoms in total. The van der Waals surface area contributed by atoms with Gasteiger partial charge in [-0.2, -0.15) is 0 Å². The number of nitrogen functional groups attached to an aromatic ring is 1. The molecule has 0 saturated heterocycles. The third-order valence-electron chi connectivity index (χ3n) is 2.60. The van der Waals surface area contributed by atoms with Gasteiger partial charge < -0.3 is 10.5 Å². The number of carbonyl (C=O) groups excluding carboxylic acids is 1. The van der Waals surface area contributed by atoms with Gasteiger partial charge in [-0.25, -0.2) is 0 Å². The van der Waals surface area contributed by atoms with Gasteiger partial charge in [0.05, 0.1) is 0 Å². The Morgan fingerprint density at radius 2 is 2.00 bits per heavy atom. The number of hydrogen-bond donors (Lipinski definition) is 1. The lowest BCUT2D eigenvalue weighted by Crippen LogP contribution is -2.28. The maximum absolute atomic E-state index is 10.4. The highest BCUT2D eigenvalue weighted by Crippen LogP contribution is 2.10. The second-order valence-corrected chi connectivity index (χ2v) is 3.91. The van der Waals surface area contributed by atoms with E-state index in [0.717, 1.165) is 18.5 Å². The third-order valence-corrected chi connectivity index (χ3v) is 2.60. The van der Waals surface area contributed by atoms with Crippen LogP contribution in [0.5, 0.6) is 0 Å². The topological polar surface area (TPSA) is 46.3 Å². The number of aldehydes is 1. The van der Waals surface area contributed by atoms with Crippen molar-refractivity contribution in [1.82, 2.24) is 4.90 Å². The van der Waals surface area contributed by atoms with E-state index in [0.29, 0.717) is 6.42 Å². The Labute approximate surface area is 90.9 Å². The summed E-state index contributed by atoms with van der Waals surface area (Å²) in [6, 6.07) is 8.10. The second-order valence-electron chi connectivity index (χ2n) is 3.91. The fraction of sp³-hybridized carbons (Fsp3) is 0.417. The van der Waals surface area contributed by atoms with E-state index >= 15 is 0 Å². The molecule has 15 heavy (non-hydrogen) atoms. The molecule has 1 unspecified atom stereocenters. The van der Waals surface area contributed by atoms with Crippen molar-refractivity contribution in [3.05, 3.63) is 29.8 Å². The van der Waals surface area contributed by atoms with Crippen LogP contribution in [0.4, 0.5) is 5.69 Å². The predicted molar refractivity (Wildman–Crippen MR) is 62.5 cm³/mol. The van der Waals surface area contributed by atoms with Crippen LogP contribution in [0.25, 0.3) is 0 Å². The number of hydrogen-bond acceptors (Lipinski definition) is 3. The standard InChI is InChI=1S/C12H18N2O/c1-10(7-8-15)14(2)9-11-3-5-12(13)6-4-11/h3-6,8,10H,7,9,13H2,1-2H3. The van der Waals surface area contributed by atoms with E-state index in [2.05, 4.69) is 4.90 Å². The van der Waals surface area contributed by atoms with Crippen molar-refractivity contribution < 1.29 is 4.79 Å². The SMILES string of the molecule is CC(CC=O)N(C)Cc1ccc(N)cc1. The molecular weight excluding hydrogens is 188 g/mol. The zero-order chi connectivity index (χ0) is 11.3. The molecule has 0 spiro atoms. The van der Waals surface area contributed by atoms with E-state index < -0.39 is 0 Å². The lowest BCUT2D eigenvalue weighted by Gasteiger charge is -2.22. The molecule has 3 heteroatoms. The van der Waals surface area contributed by atoms with Gasteiger partial charge in [0.2, 0.25) is 0 Å². The number of nitrogens with zero attached hydrogens (tertiary/aromatic N) is 1. The zero-order valence-corrected chi connectivity index (χ0v) is 9.31. The summed E-state index contributed by atoms with van der Waals surface area (Å²) in [6.45, 7) is 2.89. The van der Waals surface area contributed by atoms with Crippen LogP contribution in [0, 0.1) is 0 Å². The highest BCUT2D eigenvalue weighted by Gasteiger charge is 2.08. The molecule has 0 bridgehead atoms. The largest absolute Gasteiger partial charge is 0.399 e. The van der Waals surface area contributed by atoms with Gasteiger partial charge in [0.15, 0.2) is 0 Å². The smallest absolute Gasteiger partial charge is 0.121 e. The molecule has 0 fully saturated rings. The monoisotopic (exact) mass is 206 g/mol. The van der Waals surface area contributed by atoms with Crippen molar-refractivity contribution >= 4 is 12.0 Å². The fourth-order valence-corrected chi connectivity index (χ4v) is 1.39. The number of carbonyl (C=O) groups is 1. The summed E-state index contributed by atoms with van der Waals surface area (Å²) < 4.78 is 0. The highest BCUT2D eigenvalue weighted by molar-refractivity contribution is 5.50. The maximum Gasteiger partial charge on any atom is 0.121 e. The van der Waals surface area contributed by atoms with Crippen molar-refractivity contribution in [3.8, 4) is 0 Å². The van der Waals surface area contributed by atoms with Crippen LogP contribution in [0.3, 0.4) is 0 Å². The van der Waals surface area contributed by atoms with Gasteiger partial charge in [-0.1, -0.05) is 12.1 Å². The first-order valence-electron chi connectivity index (χ1n) is 5.11. The average molecular weight is 206 g/mol.